The molecular formula is C8H3BrClF3O. The van der Waals surface area contributed by atoms with Crippen molar-refractivity contribution in [2.75, 3.05) is 0 Å². The second kappa shape index (κ2) is 4.31. The lowest BCUT2D eigenvalue weighted by molar-refractivity contribution is 0.0674. The van der Waals surface area contributed by atoms with Crippen LogP contribution in [0.3, 0.4) is 0 Å². The van der Waals surface area contributed by atoms with E-state index in [1.165, 1.54) is 6.07 Å². The van der Waals surface area contributed by atoms with Crippen LogP contribution in [0.2, 0.25) is 5.02 Å². The first-order chi connectivity index (χ1) is 6.43. The molecule has 0 aromatic heterocycles. The van der Waals surface area contributed by atoms with Crippen LogP contribution in [0.4, 0.5) is 13.2 Å². The van der Waals surface area contributed by atoms with E-state index in [1.54, 1.807) is 0 Å². The minimum absolute atomic E-state index is 0.271. The number of alkyl halides is 2. The molecule has 0 aliphatic carbocycles. The summed E-state index contributed by atoms with van der Waals surface area (Å²) in [5.41, 5.74) is -0.709. The molecule has 0 amide bonds. The predicted octanol–water partition coefficient (Wildman–Crippen LogP) is 3.69. The van der Waals surface area contributed by atoms with Crippen molar-refractivity contribution in [1.82, 2.24) is 0 Å². The summed E-state index contributed by atoms with van der Waals surface area (Å²) in [6, 6.07) is 2.15. The molecule has 0 radical (unpaired) electrons. The first-order valence-corrected chi connectivity index (χ1v) is 4.57. The Kier molecular flexibility index (Phi) is 3.55. The average molecular weight is 287 g/mol. The highest BCUT2D eigenvalue weighted by molar-refractivity contribution is 9.10. The first-order valence-electron chi connectivity index (χ1n) is 3.40. The van der Waals surface area contributed by atoms with Crippen molar-refractivity contribution < 1.29 is 18.0 Å². The summed E-state index contributed by atoms with van der Waals surface area (Å²) in [4.78, 5) is 10.8. The van der Waals surface area contributed by atoms with Crippen LogP contribution in [0, 0.1) is 5.82 Å². The molecule has 0 aliphatic heterocycles. The van der Waals surface area contributed by atoms with E-state index in [-0.39, 0.29) is 9.50 Å². The van der Waals surface area contributed by atoms with Gasteiger partial charge in [-0.25, -0.2) is 13.2 Å². The summed E-state index contributed by atoms with van der Waals surface area (Å²) in [6.07, 6.45) is -3.24. The van der Waals surface area contributed by atoms with Crippen molar-refractivity contribution in [3.63, 3.8) is 0 Å². The number of rotatable bonds is 2. The maximum Gasteiger partial charge on any atom is 0.300 e. The lowest BCUT2D eigenvalue weighted by Gasteiger charge is -2.03. The summed E-state index contributed by atoms with van der Waals surface area (Å²) in [5.74, 6) is -2.70. The van der Waals surface area contributed by atoms with Crippen LogP contribution in [-0.2, 0) is 0 Å². The van der Waals surface area contributed by atoms with Gasteiger partial charge in [0.15, 0.2) is 5.82 Å². The van der Waals surface area contributed by atoms with Crippen LogP contribution in [-0.4, -0.2) is 12.2 Å². The van der Waals surface area contributed by atoms with Gasteiger partial charge in [-0.15, -0.1) is 0 Å². The van der Waals surface area contributed by atoms with E-state index in [1.807, 2.05) is 0 Å². The Balaban J connectivity index is 3.27. The summed E-state index contributed by atoms with van der Waals surface area (Å²) >= 11 is 8.28. The number of hydrogen-bond donors (Lipinski definition) is 0. The number of carbonyl (C=O) groups excluding carboxylic acids is 1. The molecule has 0 atom stereocenters. The zero-order chi connectivity index (χ0) is 10.9. The van der Waals surface area contributed by atoms with Gasteiger partial charge in [-0.05, 0) is 12.1 Å². The van der Waals surface area contributed by atoms with E-state index in [0.717, 1.165) is 6.07 Å². The largest absolute Gasteiger partial charge is 0.300 e. The van der Waals surface area contributed by atoms with E-state index in [0.29, 0.717) is 0 Å². The van der Waals surface area contributed by atoms with Gasteiger partial charge in [0.25, 0.3) is 0 Å². The Hall–Kier alpha value is -0.550. The smallest absolute Gasteiger partial charge is 0.288 e. The normalized spacial score (nSPS) is 10.7. The Morgan fingerprint density at radius 3 is 2.50 bits per heavy atom. The lowest BCUT2D eigenvalue weighted by Crippen LogP contribution is -2.12. The van der Waals surface area contributed by atoms with Crippen LogP contribution >= 0.6 is 27.5 Å². The van der Waals surface area contributed by atoms with Crippen LogP contribution in [0.1, 0.15) is 10.4 Å². The zero-order valence-electron chi connectivity index (χ0n) is 6.53. The highest BCUT2D eigenvalue weighted by Crippen LogP contribution is 2.25. The van der Waals surface area contributed by atoms with E-state index < -0.39 is 23.6 Å². The quantitative estimate of drug-likeness (QED) is 0.599. The Morgan fingerprint density at radius 2 is 2.00 bits per heavy atom. The first kappa shape index (κ1) is 11.5. The number of carbonyl (C=O) groups is 1. The van der Waals surface area contributed by atoms with E-state index >= 15 is 0 Å². The third-order valence-corrected chi connectivity index (χ3v) is 2.19. The molecule has 1 rings (SSSR count). The third kappa shape index (κ3) is 2.27. The van der Waals surface area contributed by atoms with Crippen molar-refractivity contribution in [2.45, 2.75) is 6.43 Å². The van der Waals surface area contributed by atoms with Gasteiger partial charge in [0.2, 0.25) is 5.78 Å². The minimum atomic E-state index is -3.24. The molecule has 1 nitrogen and oxygen atoms in total. The molecular weight excluding hydrogens is 284 g/mol. The predicted molar refractivity (Wildman–Crippen MR) is 49.4 cm³/mol. The number of hydrogen-bond acceptors (Lipinski definition) is 1. The molecule has 6 heteroatoms. The fourth-order valence-corrected chi connectivity index (χ4v) is 1.66. The molecule has 0 fully saturated rings. The second-order valence-corrected chi connectivity index (χ2v) is 3.74. The molecule has 0 aliphatic rings. The van der Waals surface area contributed by atoms with Gasteiger partial charge in [0, 0.05) is 4.47 Å². The molecule has 0 bridgehead atoms. The van der Waals surface area contributed by atoms with Crippen LogP contribution < -0.4 is 0 Å². The number of Topliss-reactive ketones (excluding diaryl/α,β-unsaturated/α-hetero) is 1. The van der Waals surface area contributed by atoms with Crippen molar-refractivity contribution >= 4 is 33.3 Å². The molecule has 1 aromatic rings. The molecule has 76 valence electrons. The van der Waals surface area contributed by atoms with Crippen LogP contribution in [0.5, 0.6) is 0 Å². The van der Waals surface area contributed by atoms with Gasteiger partial charge in [0.05, 0.1) is 10.6 Å². The van der Waals surface area contributed by atoms with Gasteiger partial charge in [0.1, 0.15) is 0 Å². The van der Waals surface area contributed by atoms with Gasteiger partial charge in [-0.1, -0.05) is 27.5 Å². The van der Waals surface area contributed by atoms with Crippen molar-refractivity contribution in [1.29, 1.82) is 0 Å². The zero-order valence-corrected chi connectivity index (χ0v) is 8.87. The maximum absolute atomic E-state index is 13.1. The Bertz CT molecular complexity index is 381. The van der Waals surface area contributed by atoms with Crippen LogP contribution in [0.25, 0.3) is 0 Å². The molecule has 0 N–H and O–H groups in total. The number of benzene rings is 1. The fourth-order valence-electron chi connectivity index (χ4n) is 0.853. The minimum Gasteiger partial charge on any atom is -0.288 e. The van der Waals surface area contributed by atoms with Crippen molar-refractivity contribution in [3.05, 3.63) is 33.0 Å². The third-order valence-electron chi connectivity index (χ3n) is 1.46. The molecule has 0 saturated carbocycles. The van der Waals surface area contributed by atoms with Crippen molar-refractivity contribution in [3.8, 4) is 0 Å². The Morgan fingerprint density at radius 1 is 1.43 bits per heavy atom. The molecule has 0 spiro atoms. The summed E-state index contributed by atoms with van der Waals surface area (Å²) < 4.78 is 37.3. The highest BCUT2D eigenvalue weighted by atomic mass is 79.9. The lowest BCUT2D eigenvalue weighted by atomic mass is 10.1. The topological polar surface area (TPSA) is 17.1 Å². The molecule has 0 saturated heterocycles. The highest BCUT2D eigenvalue weighted by Gasteiger charge is 2.23. The van der Waals surface area contributed by atoms with Gasteiger partial charge in [-0.2, -0.15) is 0 Å². The van der Waals surface area contributed by atoms with Gasteiger partial charge in [-0.3, -0.25) is 4.79 Å². The summed E-state index contributed by atoms with van der Waals surface area (Å²) in [7, 11) is 0. The molecule has 0 unspecified atom stereocenters. The van der Waals surface area contributed by atoms with Crippen LogP contribution in [0.15, 0.2) is 16.6 Å². The maximum atomic E-state index is 13.1. The number of ketones is 1. The molecule has 1 aromatic carbocycles. The Labute approximate surface area is 91.0 Å². The van der Waals surface area contributed by atoms with Crippen molar-refractivity contribution in [2.24, 2.45) is 0 Å². The van der Waals surface area contributed by atoms with E-state index in [9.17, 15) is 18.0 Å². The SMILES string of the molecule is O=C(c1cc(Br)cc(Cl)c1F)C(F)F. The average Bonchev–Trinajstić information content (AvgIpc) is 2.09. The number of halogens is 5. The molecule has 0 heterocycles. The second-order valence-electron chi connectivity index (χ2n) is 2.41. The van der Waals surface area contributed by atoms with E-state index in [4.69, 9.17) is 11.6 Å². The summed E-state index contributed by atoms with van der Waals surface area (Å²) in [5, 5.41) is -0.372. The fraction of sp³-hybridized carbons (Fsp3) is 0.125. The van der Waals surface area contributed by atoms with Gasteiger partial charge < -0.3 is 0 Å². The van der Waals surface area contributed by atoms with E-state index in [2.05, 4.69) is 15.9 Å². The summed E-state index contributed by atoms with van der Waals surface area (Å²) in [6.45, 7) is 0. The molecule has 14 heavy (non-hydrogen) atoms. The monoisotopic (exact) mass is 286 g/mol. The standard InChI is InChI=1S/C8H3BrClF3O/c9-3-1-4(7(14)8(12)13)6(11)5(10)2-3/h1-2,8H. The van der Waals surface area contributed by atoms with Gasteiger partial charge >= 0.3 is 6.43 Å².